The number of aliphatic hydroxyl groups excluding tert-OH is 1. The van der Waals surface area contributed by atoms with Crippen LogP contribution in [-0.4, -0.2) is 21.4 Å². The van der Waals surface area contributed by atoms with Gasteiger partial charge in [-0.1, -0.05) is 48.6 Å². The summed E-state index contributed by atoms with van der Waals surface area (Å²) in [6.07, 6.45) is 6.64. The molecular formula is C19H22O3. The first kappa shape index (κ1) is 16.1. The topological polar surface area (TPSA) is 60.7 Å². The fourth-order valence-corrected chi connectivity index (χ4v) is 2.27. The molecule has 0 amide bonds. The largest absolute Gasteiger partial charge is 0.504 e. The fourth-order valence-electron chi connectivity index (χ4n) is 2.27. The highest BCUT2D eigenvalue weighted by atomic mass is 16.3. The van der Waals surface area contributed by atoms with E-state index in [1.54, 1.807) is 6.07 Å². The van der Waals surface area contributed by atoms with Crippen LogP contribution >= 0.6 is 0 Å². The molecule has 2 rings (SSSR count). The van der Waals surface area contributed by atoms with Crippen molar-refractivity contribution < 1.29 is 15.3 Å². The molecule has 0 unspecified atom stereocenters. The van der Waals surface area contributed by atoms with Crippen LogP contribution in [-0.2, 0) is 6.42 Å². The minimum Gasteiger partial charge on any atom is -0.504 e. The van der Waals surface area contributed by atoms with Crippen LogP contribution in [0.15, 0.2) is 54.6 Å². The van der Waals surface area contributed by atoms with Crippen molar-refractivity contribution in [1.29, 1.82) is 0 Å². The molecular weight excluding hydrogens is 276 g/mol. The van der Waals surface area contributed by atoms with Crippen LogP contribution in [0.2, 0.25) is 0 Å². The molecule has 3 N–H and O–H groups in total. The summed E-state index contributed by atoms with van der Waals surface area (Å²) in [6, 6.07) is 14.9. The van der Waals surface area contributed by atoms with E-state index >= 15 is 0 Å². The molecule has 0 saturated heterocycles. The average molecular weight is 298 g/mol. The van der Waals surface area contributed by atoms with E-state index in [2.05, 4.69) is 12.2 Å². The van der Waals surface area contributed by atoms with Gasteiger partial charge in [0.05, 0.1) is 6.10 Å². The first-order valence-corrected chi connectivity index (χ1v) is 7.55. The Morgan fingerprint density at radius 2 is 1.68 bits per heavy atom. The van der Waals surface area contributed by atoms with E-state index in [1.807, 2.05) is 30.3 Å². The maximum absolute atomic E-state index is 9.99. The Kier molecular flexibility index (Phi) is 6.04. The number of hydrogen-bond donors (Lipinski definition) is 3. The Morgan fingerprint density at radius 1 is 0.909 bits per heavy atom. The summed E-state index contributed by atoms with van der Waals surface area (Å²) in [4.78, 5) is 0. The molecule has 0 radical (unpaired) electrons. The van der Waals surface area contributed by atoms with Gasteiger partial charge >= 0.3 is 0 Å². The summed E-state index contributed by atoms with van der Waals surface area (Å²) in [6.45, 7) is 0. The van der Waals surface area contributed by atoms with Crippen molar-refractivity contribution in [2.45, 2.75) is 31.8 Å². The van der Waals surface area contributed by atoms with Crippen molar-refractivity contribution in [1.82, 2.24) is 0 Å². The summed E-state index contributed by atoms with van der Waals surface area (Å²) in [5.41, 5.74) is 2.07. The van der Waals surface area contributed by atoms with Gasteiger partial charge < -0.3 is 15.3 Å². The van der Waals surface area contributed by atoms with Gasteiger partial charge in [-0.25, -0.2) is 0 Å². The summed E-state index contributed by atoms with van der Waals surface area (Å²) in [7, 11) is 0. The van der Waals surface area contributed by atoms with Crippen LogP contribution in [0, 0.1) is 0 Å². The summed E-state index contributed by atoms with van der Waals surface area (Å²) in [5.74, 6) is -0.229. The summed E-state index contributed by atoms with van der Waals surface area (Å²) < 4.78 is 0. The lowest BCUT2D eigenvalue weighted by Crippen LogP contribution is -2.07. The second-order valence-electron chi connectivity index (χ2n) is 5.41. The van der Waals surface area contributed by atoms with Crippen LogP contribution in [0.25, 0.3) is 6.08 Å². The first-order valence-electron chi connectivity index (χ1n) is 7.55. The van der Waals surface area contributed by atoms with Gasteiger partial charge in [0.15, 0.2) is 11.5 Å². The summed E-state index contributed by atoms with van der Waals surface area (Å²) >= 11 is 0. The molecule has 0 heterocycles. The van der Waals surface area contributed by atoms with Gasteiger partial charge in [0.2, 0.25) is 0 Å². The zero-order chi connectivity index (χ0) is 15.8. The Morgan fingerprint density at radius 3 is 2.41 bits per heavy atom. The van der Waals surface area contributed by atoms with Gasteiger partial charge in [0.25, 0.3) is 0 Å². The van der Waals surface area contributed by atoms with Crippen molar-refractivity contribution in [2.75, 3.05) is 0 Å². The third-order valence-corrected chi connectivity index (χ3v) is 3.58. The fraction of sp³-hybridized carbons (Fsp3) is 0.263. The zero-order valence-corrected chi connectivity index (χ0v) is 12.5. The van der Waals surface area contributed by atoms with Crippen LogP contribution in [0.3, 0.4) is 0 Å². The van der Waals surface area contributed by atoms with Crippen molar-refractivity contribution >= 4 is 6.08 Å². The molecule has 0 aromatic heterocycles. The third kappa shape index (κ3) is 5.26. The monoisotopic (exact) mass is 298 g/mol. The molecule has 0 fully saturated rings. The van der Waals surface area contributed by atoms with Crippen LogP contribution in [0.5, 0.6) is 11.5 Å². The lowest BCUT2D eigenvalue weighted by molar-refractivity contribution is 0.156. The van der Waals surface area contributed by atoms with Gasteiger partial charge in [-0.15, -0.1) is 0 Å². The number of benzene rings is 2. The SMILES string of the molecule is Oc1ccc(CC[C@H](O)CC/C=C/c2ccccc2)cc1O. The standard InChI is InChI=1S/C19H22O3/c20-17(9-5-4-8-15-6-2-1-3-7-15)12-10-16-11-13-18(21)19(22)14-16/h1-4,6-8,11,13-14,17,20-22H,5,9-10,12H2/b8-4+/t17-/m1/s1. The van der Waals surface area contributed by atoms with Crippen LogP contribution in [0.4, 0.5) is 0 Å². The molecule has 2 aromatic carbocycles. The third-order valence-electron chi connectivity index (χ3n) is 3.58. The molecule has 0 saturated carbocycles. The molecule has 22 heavy (non-hydrogen) atoms. The van der Waals surface area contributed by atoms with E-state index in [9.17, 15) is 15.3 Å². The molecule has 3 heteroatoms. The Hall–Kier alpha value is -2.26. The van der Waals surface area contributed by atoms with E-state index < -0.39 is 0 Å². The van der Waals surface area contributed by atoms with E-state index in [-0.39, 0.29) is 17.6 Å². The lowest BCUT2D eigenvalue weighted by atomic mass is 10.0. The van der Waals surface area contributed by atoms with Crippen molar-refractivity contribution in [3.05, 3.63) is 65.7 Å². The highest BCUT2D eigenvalue weighted by Gasteiger charge is 2.05. The molecule has 3 nitrogen and oxygen atoms in total. The smallest absolute Gasteiger partial charge is 0.157 e. The normalized spacial score (nSPS) is 12.6. The number of phenolic OH excluding ortho intramolecular Hbond substituents is 2. The van der Waals surface area contributed by atoms with Crippen molar-refractivity contribution in [3.63, 3.8) is 0 Å². The predicted molar refractivity (Wildman–Crippen MR) is 88.8 cm³/mol. The van der Waals surface area contributed by atoms with Gasteiger partial charge in [-0.3, -0.25) is 0 Å². The number of aliphatic hydroxyl groups is 1. The quantitative estimate of drug-likeness (QED) is 0.680. The van der Waals surface area contributed by atoms with Gasteiger partial charge in [-0.2, -0.15) is 0 Å². The average Bonchev–Trinajstić information content (AvgIpc) is 2.54. The predicted octanol–water partition coefficient (Wildman–Crippen LogP) is 3.88. The Bertz CT molecular complexity index is 605. The number of hydrogen-bond acceptors (Lipinski definition) is 3. The van der Waals surface area contributed by atoms with E-state index in [0.717, 1.165) is 17.5 Å². The maximum atomic E-state index is 9.99. The molecule has 0 spiro atoms. The van der Waals surface area contributed by atoms with Gasteiger partial charge in [0.1, 0.15) is 0 Å². The molecule has 1 atom stereocenters. The van der Waals surface area contributed by atoms with Gasteiger partial charge in [0, 0.05) is 0 Å². The highest BCUT2D eigenvalue weighted by Crippen LogP contribution is 2.25. The number of allylic oxidation sites excluding steroid dienone is 1. The highest BCUT2D eigenvalue weighted by molar-refractivity contribution is 5.48. The van der Waals surface area contributed by atoms with E-state index in [1.165, 1.54) is 12.1 Å². The Balaban J connectivity index is 1.70. The molecule has 0 aliphatic heterocycles. The second-order valence-corrected chi connectivity index (χ2v) is 5.41. The molecule has 0 aliphatic carbocycles. The number of rotatable bonds is 7. The van der Waals surface area contributed by atoms with Crippen LogP contribution in [0.1, 0.15) is 30.4 Å². The maximum Gasteiger partial charge on any atom is 0.157 e. The molecule has 0 bridgehead atoms. The van der Waals surface area contributed by atoms with Crippen molar-refractivity contribution in [2.24, 2.45) is 0 Å². The Labute approximate surface area is 131 Å². The van der Waals surface area contributed by atoms with E-state index in [4.69, 9.17) is 0 Å². The molecule has 0 aliphatic rings. The number of aromatic hydroxyl groups is 2. The second kappa shape index (κ2) is 8.25. The van der Waals surface area contributed by atoms with Crippen LogP contribution < -0.4 is 0 Å². The number of aryl methyl sites for hydroxylation is 1. The lowest BCUT2D eigenvalue weighted by Gasteiger charge is -2.09. The summed E-state index contributed by atoms with van der Waals surface area (Å²) in [5, 5.41) is 28.7. The van der Waals surface area contributed by atoms with Gasteiger partial charge in [-0.05, 0) is 48.9 Å². The first-order chi connectivity index (χ1) is 10.6. The van der Waals surface area contributed by atoms with E-state index in [0.29, 0.717) is 19.3 Å². The van der Waals surface area contributed by atoms with Crippen molar-refractivity contribution in [3.8, 4) is 11.5 Å². The minimum atomic E-state index is -0.364. The number of phenols is 2. The molecule has 2 aromatic rings. The minimum absolute atomic E-state index is 0.113. The zero-order valence-electron chi connectivity index (χ0n) is 12.5. The molecule has 116 valence electrons.